The van der Waals surface area contributed by atoms with Crippen molar-refractivity contribution in [1.82, 2.24) is 4.90 Å². The predicted molar refractivity (Wildman–Crippen MR) is 74.4 cm³/mol. The third-order valence-corrected chi connectivity index (χ3v) is 3.91. The molecule has 18 heavy (non-hydrogen) atoms. The van der Waals surface area contributed by atoms with Crippen LogP contribution in [0, 0.1) is 5.92 Å². The van der Waals surface area contributed by atoms with E-state index in [0.717, 1.165) is 26.1 Å². The summed E-state index contributed by atoms with van der Waals surface area (Å²) in [5.74, 6) is 0.461. The summed E-state index contributed by atoms with van der Waals surface area (Å²) in [6.45, 7) is 5.46. The molecule has 3 nitrogen and oxygen atoms in total. The zero-order chi connectivity index (χ0) is 13.0. The van der Waals surface area contributed by atoms with Gasteiger partial charge in [-0.25, -0.2) is 0 Å². The minimum Gasteiger partial charge on any atom is -0.380 e. The molecule has 3 heteroatoms. The Morgan fingerprint density at radius 2 is 2.11 bits per heavy atom. The van der Waals surface area contributed by atoms with E-state index in [9.17, 15) is 0 Å². The summed E-state index contributed by atoms with van der Waals surface area (Å²) in [5, 5.41) is 0. The van der Waals surface area contributed by atoms with Gasteiger partial charge in [-0.05, 0) is 17.9 Å². The zero-order valence-corrected chi connectivity index (χ0v) is 11.4. The molecule has 100 valence electrons. The third kappa shape index (κ3) is 3.31. The van der Waals surface area contributed by atoms with E-state index in [1.165, 1.54) is 5.56 Å². The van der Waals surface area contributed by atoms with Crippen molar-refractivity contribution in [2.24, 2.45) is 11.7 Å². The van der Waals surface area contributed by atoms with Gasteiger partial charge in [0.05, 0.1) is 6.10 Å². The van der Waals surface area contributed by atoms with E-state index in [1.54, 1.807) is 7.11 Å². The van der Waals surface area contributed by atoms with Gasteiger partial charge in [-0.15, -0.1) is 0 Å². The van der Waals surface area contributed by atoms with E-state index in [-0.39, 0.29) is 6.04 Å². The number of ether oxygens (including phenoxy) is 1. The van der Waals surface area contributed by atoms with E-state index in [0.29, 0.717) is 12.0 Å². The molecular formula is C15H24N2O. The van der Waals surface area contributed by atoms with E-state index >= 15 is 0 Å². The van der Waals surface area contributed by atoms with Gasteiger partial charge in [0, 0.05) is 32.8 Å². The maximum absolute atomic E-state index is 6.33. The van der Waals surface area contributed by atoms with Crippen LogP contribution >= 0.6 is 0 Å². The Morgan fingerprint density at radius 1 is 1.39 bits per heavy atom. The fraction of sp³-hybridized carbons (Fsp3) is 0.600. The van der Waals surface area contributed by atoms with Crippen LogP contribution in [0.5, 0.6) is 0 Å². The van der Waals surface area contributed by atoms with Crippen LogP contribution in [0.1, 0.15) is 24.9 Å². The topological polar surface area (TPSA) is 38.5 Å². The monoisotopic (exact) mass is 248 g/mol. The predicted octanol–water partition coefficient (Wildman–Crippen LogP) is 2.04. The average Bonchev–Trinajstić information content (AvgIpc) is 2.86. The van der Waals surface area contributed by atoms with Gasteiger partial charge in [0.15, 0.2) is 0 Å². The molecule has 1 aromatic rings. The quantitative estimate of drug-likeness (QED) is 0.866. The van der Waals surface area contributed by atoms with Gasteiger partial charge in [0.2, 0.25) is 0 Å². The van der Waals surface area contributed by atoms with Crippen molar-refractivity contribution in [3.63, 3.8) is 0 Å². The number of benzene rings is 1. The summed E-state index contributed by atoms with van der Waals surface area (Å²) in [7, 11) is 1.80. The van der Waals surface area contributed by atoms with Crippen molar-refractivity contribution in [3.8, 4) is 0 Å². The molecular weight excluding hydrogens is 224 g/mol. The van der Waals surface area contributed by atoms with Crippen LogP contribution in [0.3, 0.4) is 0 Å². The number of hydrogen-bond acceptors (Lipinski definition) is 3. The number of likely N-dealkylation sites (tertiary alicyclic amines) is 1. The Morgan fingerprint density at radius 3 is 2.72 bits per heavy atom. The lowest BCUT2D eigenvalue weighted by atomic mass is 9.95. The van der Waals surface area contributed by atoms with Crippen molar-refractivity contribution in [2.45, 2.75) is 25.5 Å². The highest BCUT2D eigenvalue weighted by Crippen LogP contribution is 2.22. The Bertz CT molecular complexity index is 355. The standard InChI is InChI=1S/C15H24N2O/c1-12(10-17-9-8-14(11-17)18-2)15(16)13-6-4-3-5-7-13/h3-7,12,14-15H,8-11,16H2,1-2H3. The van der Waals surface area contributed by atoms with Crippen LogP contribution in [0.25, 0.3) is 0 Å². The fourth-order valence-corrected chi connectivity index (χ4v) is 2.68. The molecule has 0 radical (unpaired) electrons. The van der Waals surface area contributed by atoms with Crippen LogP contribution in [-0.4, -0.2) is 37.7 Å². The molecule has 1 aromatic carbocycles. The number of nitrogens with zero attached hydrogens (tertiary/aromatic N) is 1. The molecule has 0 bridgehead atoms. The molecule has 3 unspecified atom stereocenters. The zero-order valence-electron chi connectivity index (χ0n) is 11.4. The molecule has 2 N–H and O–H groups in total. The van der Waals surface area contributed by atoms with Crippen LogP contribution < -0.4 is 5.73 Å². The molecule has 0 amide bonds. The van der Waals surface area contributed by atoms with Gasteiger partial charge in [-0.3, -0.25) is 0 Å². The second-order valence-electron chi connectivity index (χ2n) is 5.32. The molecule has 0 saturated carbocycles. The molecule has 1 aliphatic heterocycles. The van der Waals surface area contributed by atoms with Gasteiger partial charge in [-0.1, -0.05) is 37.3 Å². The number of methoxy groups -OCH3 is 1. The molecule has 1 saturated heterocycles. The summed E-state index contributed by atoms with van der Waals surface area (Å²) in [6, 6.07) is 10.5. The maximum Gasteiger partial charge on any atom is 0.0710 e. The first kappa shape index (κ1) is 13.5. The fourth-order valence-electron chi connectivity index (χ4n) is 2.68. The Balaban J connectivity index is 1.86. The van der Waals surface area contributed by atoms with Crippen LogP contribution in [0.4, 0.5) is 0 Å². The maximum atomic E-state index is 6.33. The lowest BCUT2D eigenvalue weighted by Crippen LogP contribution is -2.32. The van der Waals surface area contributed by atoms with Gasteiger partial charge in [0.25, 0.3) is 0 Å². The molecule has 1 aliphatic rings. The molecule has 0 aromatic heterocycles. The highest BCUT2D eigenvalue weighted by atomic mass is 16.5. The van der Waals surface area contributed by atoms with Crippen molar-refractivity contribution in [1.29, 1.82) is 0 Å². The van der Waals surface area contributed by atoms with Crippen molar-refractivity contribution in [2.75, 3.05) is 26.7 Å². The highest BCUT2D eigenvalue weighted by Gasteiger charge is 2.25. The Hall–Kier alpha value is -0.900. The normalized spacial score (nSPS) is 24.1. The minimum absolute atomic E-state index is 0.118. The van der Waals surface area contributed by atoms with Gasteiger partial charge >= 0.3 is 0 Å². The lowest BCUT2D eigenvalue weighted by Gasteiger charge is -2.25. The van der Waals surface area contributed by atoms with Crippen molar-refractivity contribution >= 4 is 0 Å². The first-order chi connectivity index (χ1) is 8.70. The Labute approximate surface area is 110 Å². The first-order valence-corrected chi connectivity index (χ1v) is 6.76. The Kier molecular flexibility index (Phi) is 4.75. The summed E-state index contributed by atoms with van der Waals surface area (Å²) >= 11 is 0. The van der Waals surface area contributed by atoms with E-state index in [1.807, 2.05) is 6.07 Å². The average molecular weight is 248 g/mol. The molecule has 0 aliphatic carbocycles. The largest absolute Gasteiger partial charge is 0.380 e. The molecule has 2 rings (SSSR count). The molecule has 3 atom stereocenters. The highest BCUT2D eigenvalue weighted by molar-refractivity contribution is 5.19. The van der Waals surface area contributed by atoms with Gasteiger partial charge in [-0.2, -0.15) is 0 Å². The lowest BCUT2D eigenvalue weighted by molar-refractivity contribution is 0.105. The van der Waals surface area contributed by atoms with E-state index in [4.69, 9.17) is 10.5 Å². The summed E-state index contributed by atoms with van der Waals surface area (Å²) in [5.41, 5.74) is 7.56. The summed E-state index contributed by atoms with van der Waals surface area (Å²) in [4.78, 5) is 2.46. The second-order valence-corrected chi connectivity index (χ2v) is 5.32. The smallest absolute Gasteiger partial charge is 0.0710 e. The van der Waals surface area contributed by atoms with Gasteiger partial charge in [0.1, 0.15) is 0 Å². The van der Waals surface area contributed by atoms with Crippen molar-refractivity contribution in [3.05, 3.63) is 35.9 Å². The van der Waals surface area contributed by atoms with E-state index in [2.05, 4.69) is 36.1 Å². The van der Waals surface area contributed by atoms with Crippen LogP contribution in [0.15, 0.2) is 30.3 Å². The van der Waals surface area contributed by atoms with E-state index < -0.39 is 0 Å². The van der Waals surface area contributed by atoms with Gasteiger partial charge < -0.3 is 15.4 Å². The molecule has 1 heterocycles. The first-order valence-electron chi connectivity index (χ1n) is 6.76. The summed E-state index contributed by atoms with van der Waals surface area (Å²) in [6.07, 6.45) is 1.55. The number of rotatable bonds is 5. The third-order valence-electron chi connectivity index (χ3n) is 3.91. The minimum atomic E-state index is 0.118. The SMILES string of the molecule is COC1CCN(CC(C)C(N)c2ccccc2)C1. The molecule has 1 fully saturated rings. The molecule has 0 spiro atoms. The van der Waals surface area contributed by atoms with Crippen molar-refractivity contribution < 1.29 is 4.74 Å². The second kappa shape index (κ2) is 6.32. The summed E-state index contributed by atoms with van der Waals surface area (Å²) < 4.78 is 5.40. The number of hydrogen-bond donors (Lipinski definition) is 1. The van der Waals surface area contributed by atoms with Crippen LogP contribution in [0.2, 0.25) is 0 Å². The van der Waals surface area contributed by atoms with Crippen LogP contribution in [-0.2, 0) is 4.74 Å². The number of nitrogens with two attached hydrogens (primary N) is 1.